The van der Waals surface area contributed by atoms with E-state index in [1.165, 1.54) is 31.5 Å². The molecule has 110 valence electrons. The van der Waals surface area contributed by atoms with E-state index in [0.717, 1.165) is 24.0 Å². The van der Waals surface area contributed by atoms with E-state index in [0.29, 0.717) is 12.8 Å². The van der Waals surface area contributed by atoms with Crippen LogP contribution in [0.15, 0.2) is 18.2 Å². The van der Waals surface area contributed by atoms with Gasteiger partial charge in [0.15, 0.2) is 11.5 Å². The van der Waals surface area contributed by atoms with Crippen molar-refractivity contribution in [3.05, 3.63) is 23.8 Å². The molecule has 1 aromatic carbocycles. The molecule has 0 bridgehead atoms. The molecule has 0 aromatic heterocycles. The molecule has 2 heterocycles. The van der Waals surface area contributed by atoms with E-state index in [1.807, 2.05) is 13.1 Å². The molecule has 0 spiro atoms. The molecule has 0 radical (unpaired) electrons. The number of benzene rings is 1. The summed E-state index contributed by atoms with van der Waals surface area (Å²) in [6, 6.07) is 6.77. The Kier molecular flexibility index (Phi) is 4.13. The van der Waals surface area contributed by atoms with Gasteiger partial charge < -0.3 is 14.8 Å². The maximum Gasteiger partial charge on any atom is 0.231 e. The zero-order valence-corrected chi connectivity index (χ0v) is 12.4. The second kappa shape index (κ2) is 6.02. The van der Waals surface area contributed by atoms with Crippen molar-refractivity contribution in [2.24, 2.45) is 5.92 Å². The summed E-state index contributed by atoms with van der Waals surface area (Å²) in [7, 11) is 2.04. The summed E-state index contributed by atoms with van der Waals surface area (Å²) in [5.41, 5.74) is 1.32. The fourth-order valence-electron chi connectivity index (χ4n) is 3.29. The fraction of sp³-hybridized carbons (Fsp3) is 0.625. The quantitative estimate of drug-likeness (QED) is 0.915. The molecule has 2 unspecified atom stereocenters. The molecule has 2 aliphatic rings. The highest BCUT2D eigenvalue weighted by atomic mass is 16.7. The maximum absolute atomic E-state index is 5.49. The van der Waals surface area contributed by atoms with Gasteiger partial charge in [0.25, 0.3) is 0 Å². The number of nitrogens with zero attached hydrogens (tertiary/aromatic N) is 1. The molecule has 1 saturated heterocycles. The number of ether oxygens (including phenoxy) is 2. The van der Waals surface area contributed by atoms with Crippen LogP contribution in [0, 0.1) is 5.92 Å². The normalized spacial score (nSPS) is 23.8. The van der Waals surface area contributed by atoms with Crippen LogP contribution in [0.3, 0.4) is 0 Å². The van der Waals surface area contributed by atoms with Gasteiger partial charge >= 0.3 is 0 Å². The third-order valence-electron chi connectivity index (χ3n) is 4.47. The average Bonchev–Trinajstić information content (AvgIpc) is 2.94. The Morgan fingerprint density at radius 2 is 2.20 bits per heavy atom. The number of hydrogen-bond acceptors (Lipinski definition) is 4. The van der Waals surface area contributed by atoms with E-state index in [-0.39, 0.29) is 0 Å². The largest absolute Gasteiger partial charge is 0.454 e. The van der Waals surface area contributed by atoms with Gasteiger partial charge in [0.05, 0.1) is 0 Å². The molecular weight excluding hydrogens is 252 g/mol. The van der Waals surface area contributed by atoms with Crippen molar-refractivity contribution in [3.8, 4) is 11.5 Å². The first-order valence-corrected chi connectivity index (χ1v) is 7.56. The molecule has 2 aliphatic heterocycles. The van der Waals surface area contributed by atoms with E-state index in [9.17, 15) is 0 Å². The van der Waals surface area contributed by atoms with Crippen molar-refractivity contribution in [1.82, 2.24) is 10.2 Å². The third kappa shape index (κ3) is 2.76. The molecule has 4 nitrogen and oxygen atoms in total. The molecule has 0 amide bonds. The van der Waals surface area contributed by atoms with Crippen LogP contribution in [-0.4, -0.2) is 38.4 Å². The standard InChI is InChI=1S/C16H24N2O2/c1-12(18-7-3-4-13(10-18)9-17-2)14-5-6-15-16(8-14)20-11-19-15/h5-6,8,12-13,17H,3-4,7,9-11H2,1-2H3. The zero-order chi connectivity index (χ0) is 13.9. The fourth-order valence-corrected chi connectivity index (χ4v) is 3.29. The van der Waals surface area contributed by atoms with Crippen molar-refractivity contribution >= 4 is 0 Å². The number of rotatable bonds is 4. The molecule has 1 aromatic rings. The highest BCUT2D eigenvalue weighted by Crippen LogP contribution is 2.36. The smallest absolute Gasteiger partial charge is 0.231 e. The summed E-state index contributed by atoms with van der Waals surface area (Å²) in [5.74, 6) is 2.52. The van der Waals surface area contributed by atoms with E-state index < -0.39 is 0 Å². The molecule has 2 atom stereocenters. The van der Waals surface area contributed by atoms with E-state index in [2.05, 4.69) is 29.3 Å². The first kappa shape index (κ1) is 13.7. The second-order valence-corrected chi connectivity index (χ2v) is 5.85. The Hall–Kier alpha value is -1.26. The van der Waals surface area contributed by atoms with Crippen LogP contribution in [0.1, 0.15) is 31.4 Å². The van der Waals surface area contributed by atoms with Gasteiger partial charge in [0, 0.05) is 12.6 Å². The second-order valence-electron chi connectivity index (χ2n) is 5.85. The van der Waals surface area contributed by atoms with Crippen molar-refractivity contribution in [2.75, 3.05) is 33.5 Å². The van der Waals surface area contributed by atoms with Crippen LogP contribution >= 0.6 is 0 Å². The topological polar surface area (TPSA) is 33.7 Å². The van der Waals surface area contributed by atoms with Gasteiger partial charge in [-0.05, 0) is 63.5 Å². The van der Waals surface area contributed by atoms with Crippen molar-refractivity contribution in [3.63, 3.8) is 0 Å². The average molecular weight is 276 g/mol. The van der Waals surface area contributed by atoms with Gasteiger partial charge in [0.1, 0.15) is 0 Å². The highest BCUT2D eigenvalue weighted by Gasteiger charge is 2.25. The van der Waals surface area contributed by atoms with Gasteiger partial charge in [-0.15, -0.1) is 0 Å². The SMILES string of the molecule is CNCC1CCCN(C(C)c2ccc3c(c2)OCO3)C1. The van der Waals surface area contributed by atoms with Crippen LogP contribution in [0.4, 0.5) is 0 Å². The van der Waals surface area contributed by atoms with Crippen LogP contribution < -0.4 is 14.8 Å². The monoisotopic (exact) mass is 276 g/mol. The first-order valence-electron chi connectivity index (χ1n) is 7.56. The van der Waals surface area contributed by atoms with Crippen LogP contribution in [0.25, 0.3) is 0 Å². The summed E-state index contributed by atoms with van der Waals surface area (Å²) in [5, 5.41) is 3.31. The van der Waals surface area contributed by atoms with Crippen molar-refractivity contribution in [1.29, 1.82) is 0 Å². The van der Waals surface area contributed by atoms with Gasteiger partial charge in [-0.1, -0.05) is 6.07 Å². The number of nitrogens with one attached hydrogen (secondary N) is 1. The Balaban J connectivity index is 1.70. The summed E-state index contributed by atoms with van der Waals surface area (Å²) >= 11 is 0. The summed E-state index contributed by atoms with van der Waals surface area (Å²) in [6.07, 6.45) is 2.63. The summed E-state index contributed by atoms with van der Waals surface area (Å²) < 4.78 is 10.9. The van der Waals surface area contributed by atoms with Crippen LogP contribution in [-0.2, 0) is 0 Å². The van der Waals surface area contributed by atoms with Crippen LogP contribution in [0.5, 0.6) is 11.5 Å². The zero-order valence-electron chi connectivity index (χ0n) is 12.4. The Morgan fingerprint density at radius 1 is 1.35 bits per heavy atom. The highest BCUT2D eigenvalue weighted by molar-refractivity contribution is 5.45. The van der Waals surface area contributed by atoms with Gasteiger partial charge in [0.2, 0.25) is 6.79 Å². The number of hydrogen-bond donors (Lipinski definition) is 1. The van der Waals surface area contributed by atoms with E-state index in [1.54, 1.807) is 0 Å². The Morgan fingerprint density at radius 3 is 3.05 bits per heavy atom. The molecule has 1 N–H and O–H groups in total. The molecule has 0 saturated carbocycles. The minimum absolute atomic E-state index is 0.348. The number of fused-ring (bicyclic) bond motifs is 1. The summed E-state index contributed by atoms with van der Waals surface area (Å²) in [4.78, 5) is 2.59. The maximum atomic E-state index is 5.49. The number of likely N-dealkylation sites (tertiary alicyclic amines) is 1. The van der Waals surface area contributed by atoms with Gasteiger partial charge in [-0.2, -0.15) is 0 Å². The predicted molar refractivity (Wildman–Crippen MR) is 79.2 cm³/mol. The lowest BCUT2D eigenvalue weighted by atomic mass is 9.95. The van der Waals surface area contributed by atoms with Crippen molar-refractivity contribution in [2.45, 2.75) is 25.8 Å². The molecule has 0 aliphatic carbocycles. The predicted octanol–water partition coefficient (Wildman–Crippen LogP) is 2.41. The van der Waals surface area contributed by atoms with E-state index >= 15 is 0 Å². The number of piperidine rings is 1. The third-order valence-corrected chi connectivity index (χ3v) is 4.47. The van der Waals surface area contributed by atoms with E-state index in [4.69, 9.17) is 9.47 Å². The summed E-state index contributed by atoms with van der Waals surface area (Å²) in [6.45, 7) is 6.12. The molecule has 3 rings (SSSR count). The van der Waals surface area contributed by atoms with Crippen LogP contribution in [0.2, 0.25) is 0 Å². The lowest BCUT2D eigenvalue weighted by molar-refractivity contribution is 0.131. The minimum atomic E-state index is 0.348. The lowest BCUT2D eigenvalue weighted by Crippen LogP contribution is -2.40. The Labute approximate surface area is 121 Å². The van der Waals surface area contributed by atoms with Gasteiger partial charge in [-0.3, -0.25) is 4.90 Å². The van der Waals surface area contributed by atoms with Gasteiger partial charge in [-0.25, -0.2) is 0 Å². The Bertz CT molecular complexity index is 462. The lowest BCUT2D eigenvalue weighted by Gasteiger charge is -2.37. The van der Waals surface area contributed by atoms with Crippen molar-refractivity contribution < 1.29 is 9.47 Å². The molecular formula is C16H24N2O2. The molecule has 1 fully saturated rings. The minimum Gasteiger partial charge on any atom is -0.454 e. The molecule has 4 heteroatoms. The molecule has 20 heavy (non-hydrogen) atoms. The first-order chi connectivity index (χ1) is 9.78.